The van der Waals surface area contributed by atoms with Gasteiger partial charge in [-0.25, -0.2) is 0 Å². The van der Waals surface area contributed by atoms with Gasteiger partial charge in [0.15, 0.2) is 0 Å². The summed E-state index contributed by atoms with van der Waals surface area (Å²) in [7, 11) is 0. The zero-order chi connectivity index (χ0) is 15.2. The van der Waals surface area contributed by atoms with Gasteiger partial charge in [0.1, 0.15) is 0 Å². The molecule has 21 heavy (non-hydrogen) atoms. The van der Waals surface area contributed by atoms with Crippen LogP contribution in [0.1, 0.15) is 24.0 Å². The van der Waals surface area contributed by atoms with Gasteiger partial charge in [-0.2, -0.15) is 0 Å². The van der Waals surface area contributed by atoms with E-state index in [0.29, 0.717) is 10.0 Å². The van der Waals surface area contributed by atoms with Crippen LogP contribution in [0, 0.1) is 0 Å². The second kappa shape index (κ2) is 8.05. The van der Waals surface area contributed by atoms with Crippen LogP contribution >= 0.6 is 34.8 Å². The van der Waals surface area contributed by atoms with Crippen molar-refractivity contribution in [2.24, 2.45) is 0 Å². The van der Waals surface area contributed by atoms with Crippen molar-refractivity contribution < 1.29 is 0 Å². The molecule has 1 nitrogen and oxygen atoms in total. The first kappa shape index (κ1) is 16.6. The molecule has 1 atom stereocenters. The maximum atomic E-state index is 6.35. The van der Waals surface area contributed by atoms with Gasteiger partial charge in [-0.15, -0.1) is 0 Å². The van der Waals surface area contributed by atoms with Gasteiger partial charge < -0.3 is 5.32 Å². The highest BCUT2D eigenvalue weighted by Crippen LogP contribution is 2.32. The smallest absolute Gasteiger partial charge is 0.0453 e. The molecule has 0 amide bonds. The molecule has 0 fully saturated rings. The molecule has 0 bridgehead atoms. The van der Waals surface area contributed by atoms with E-state index in [1.54, 1.807) is 0 Å². The van der Waals surface area contributed by atoms with Gasteiger partial charge >= 0.3 is 0 Å². The second-order valence-electron chi connectivity index (χ2n) is 4.93. The molecule has 2 aromatic rings. The van der Waals surface area contributed by atoms with Crippen LogP contribution in [-0.2, 0) is 6.42 Å². The summed E-state index contributed by atoms with van der Waals surface area (Å²) in [5, 5.41) is 5.58. The number of rotatable bonds is 6. The van der Waals surface area contributed by atoms with E-state index in [1.165, 1.54) is 0 Å². The Labute approximate surface area is 141 Å². The summed E-state index contributed by atoms with van der Waals surface area (Å²) in [4.78, 5) is 0. The van der Waals surface area contributed by atoms with Crippen LogP contribution in [-0.4, -0.2) is 13.1 Å². The maximum Gasteiger partial charge on any atom is 0.0453 e. The topological polar surface area (TPSA) is 12.0 Å². The van der Waals surface area contributed by atoms with Crippen molar-refractivity contribution in [1.29, 1.82) is 0 Å². The van der Waals surface area contributed by atoms with Crippen LogP contribution in [0.3, 0.4) is 0 Å². The fourth-order valence-electron chi connectivity index (χ4n) is 2.39. The maximum absolute atomic E-state index is 6.35. The van der Waals surface area contributed by atoms with E-state index in [-0.39, 0.29) is 5.92 Å². The molecule has 1 N–H and O–H groups in total. The molecule has 0 aromatic heterocycles. The minimum absolute atomic E-state index is 0.232. The lowest BCUT2D eigenvalue weighted by Crippen LogP contribution is -2.23. The molecule has 112 valence electrons. The Morgan fingerprint density at radius 1 is 0.905 bits per heavy atom. The molecule has 2 rings (SSSR count). The van der Waals surface area contributed by atoms with Crippen molar-refractivity contribution >= 4 is 34.8 Å². The lowest BCUT2D eigenvalue weighted by atomic mass is 9.91. The van der Waals surface area contributed by atoms with Gasteiger partial charge in [-0.1, -0.05) is 66.0 Å². The Bertz CT molecular complexity index is 578. The van der Waals surface area contributed by atoms with Gasteiger partial charge in [0.2, 0.25) is 0 Å². The Kier molecular flexibility index (Phi) is 6.38. The van der Waals surface area contributed by atoms with Gasteiger partial charge in [0, 0.05) is 27.5 Å². The SMILES string of the molecule is CCNCC(Cc1c(Cl)cccc1Cl)c1ccccc1Cl. The first-order valence-electron chi connectivity index (χ1n) is 7.01. The van der Waals surface area contributed by atoms with Crippen LogP contribution in [0.25, 0.3) is 0 Å². The largest absolute Gasteiger partial charge is 0.316 e. The molecule has 0 spiro atoms. The van der Waals surface area contributed by atoms with Crippen molar-refractivity contribution in [3.8, 4) is 0 Å². The molecular formula is C17H18Cl3N. The molecule has 0 saturated carbocycles. The lowest BCUT2D eigenvalue weighted by molar-refractivity contribution is 0.595. The lowest BCUT2D eigenvalue weighted by Gasteiger charge is -2.20. The predicted octanol–water partition coefficient (Wildman–Crippen LogP) is 5.58. The highest BCUT2D eigenvalue weighted by Gasteiger charge is 2.18. The summed E-state index contributed by atoms with van der Waals surface area (Å²) in [6, 6.07) is 13.6. The standard InChI is InChI=1S/C17H18Cl3N/c1-2-21-11-12(13-6-3-4-7-15(13)18)10-14-16(19)8-5-9-17(14)20/h3-9,12,21H,2,10-11H2,1H3. The summed E-state index contributed by atoms with van der Waals surface area (Å²) < 4.78 is 0. The van der Waals surface area contributed by atoms with Gasteiger partial charge in [0.05, 0.1) is 0 Å². The Morgan fingerprint density at radius 2 is 1.52 bits per heavy atom. The van der Waals surface area contributed by atoms with E-state index < -0.39 is 0 Å². The minimum Gasteiger partial charge on any atom is -0.316 e. The third-order valence-electron chi connectivity index (χ3n) is 3.50. The van der Waals surface area contributed by atoms with E-state index in [9.17, 15) is 0 Å². The second-order valence-corrected chi connectivity index (χ2v) is 6.15. The molecule has 0 aliphatic rings. The highest BCUT2D eigenvalue weighted by atomic mass is 35.5. The van der Waals surface area contributed by atoms with E-state index in [2.05, 4.69) is 18.3 Å². The molecular weight excluding hydrogens is 325 g/mol. The van der Waals surface area contributed by atoms with Gasteiger partial charge in [-0.05, 0) is 42.3 Å². The molecule has 4 heteroatoms. The third kappa shape index (κ3) is 4.37. The van der Waals surface area contributed by atoms with Gasteiger partial charge in [-0.3, -0.25) is 0 Å². The van der Waals surface area contributed by atoms with E-state index >= 15 is 0 Å². The number of likely N-dealkylation sites (N-methyl/N-ethyl adjacent to an activating group) is 1. The molecule has 0 radical (unpaired) electrons. The van der Waals surface area contributed by atoms with Crippen molar-refractivity contribution in [3.63, 3.8) is 0 Å². The molecule has 2 aromatic carbocycles. The minimum atomic E-state index is 0.232. The third-order valence-corrected chi connectivity index (χ3v) is 4.55. The zero-order valence-corrected chi connectivity index (χ0v) is 14.1. The van der Waals surface area contributed by atoms with Crippen molar-refractivity contribution in [2.75, 3.05) is 13.1 Å². The number of halogens is 3. The Morgan fingerprint density at radius 3 is 2.14 bits per heavy atom. The van der Waals surface area contributed by atoms with E-state index in [1.807, 2.05) is 36.4 Å². The zero-order valence-electron chi connectivity index (χ0n) is 11.9. The predicted molar refractivity (Wildman–Crippen MR) is 92.9 cm³/mol. The highest BCUT2D eigenvalue weighted by molar-refractivity contribution is 6.36. The first-order chi connectivity index (χ1) is 10.1. The van der Waals surface area contributed by atoms with Crippen molar-refractivity contribution in [3.05, 3.63) is 68.7 Å². The Balaban J connectivity index is 2.31. The average molecular weight is 343 g/mol. The fourth-order valence-corrected chi connectivity index (χ4v) is 3.23. The molecule has 0 saturated heterocycles. The van der Waals surface area contributed by atoms with E-state index in [4.69, 9.17) is 34.8 Å². The summed E-state index contributed by atoms with van der Waals surface area (Å²) in [6.07, 6.45) is 0.759. The van der Waals surface area contributed by atoms with Crippen molar-refractivity contribution in [1.82, 2.24) is 5.32 Å². The van der Waals surface area contributed by atoms with Crippen LogP contribution in [0.2, 0.25) is 15.1 Å². The molecule has 1 unspecified atom stereocenters. The van der Waals surface area contributed by atoms with Crippen LogP contribution in [0.5, 0.6) is 0 Å². The average Bonchev–Trinajstić information content (AvgIpc) is 2.47. The van der Waals surface area contributed by atoms with Crippen molar-refractivity contribution in [2.45, 2.75) is 19.3 Å². The summed E-state index contributed by atoms with van der Waals surface area (Å²) in [6.45, 7) is 3.84. The fraction of sp³-hybridized carbons (Fsp3) is 0.294. The van der Waals surface area contributed by atoms with Crippen LogP contribution in [0.4, 0.5) is 0 Å². The van der Waals surface area contributed by atoms with Gasteiger partial charge in [0.25, 0.3) is 0 Å². The number of benzene rings is 2. The number of nitrogens with one attached hydrogen (secondary N) is 1. The van der Waals surface area contributed by atoms with Crippen LogP contribution in [0.15, 0.2) is 42.5 Å². The van der Waals surface area contributed by atoms with E-state index in [0.717, 1.165) is 35.7 Å². The summed E-state index contributed by atoms with van der Waals surface area (Å²) in [5.41, 5.74) is 2.10. The number of hydrogen-bond donors (Lipinski definition) is 1. The molecule has 0 heterocycles. The number of hydrogen-bond acceptors (Lipinski definition) is 1. The van der Waals surface area contributed by atoms with Crippen LogP contribution < -0.4 is 5.32 Å². The normalized spacial score (nSPS) is 12.4. The molecule has 0 aliphatic heterocycles. The quantitative estimate of drug-likeness (QED) is 0.722. The summed E-state index contributed by atoms with van der Waals surface area (Å²) in [5.74, 6) is 0.232. The summed E-state index contributed by atoms with van der Waals surface area (Å²) >= 11 is 18.9. The monoisotopic (exact) mass is 341 g/mol. The first-order valence-corrected chi connectivity index (χ1v) is 8.15. The molecule has 0 aliphatic carbocycles. The Hall–Kier alpha value is -0.730.